The number of nitrogens with zero attached hydrogens (tertiary/aromatic N) is 1. The van der Waals surface area contributed by atoms with E-state index in [2.05, 4.69) is 0 Å². The van der Waals surface area contributed by atoms with Gasteiger partial charge in [0.2, 0.25) is 0 Å². The fraction of sp³-hybridized carbons (Fsp3) is 0.0870. The highest BCUT2D eigenvalue weighted by atomic mass is 35.5. The first-order valence-corrected chi connectivity index (χ1v) is 10.9. The van der Waals surface area contributed by atoms with Gasteiger partial charge in [-0.1, -0.05) is 59.6 Å². The van der Waals surface area contributed by atoms with Gasteiger partial charge in [0.25, 0.3) is 15.9 Å². The van der Waals surface area contributed by atoms with Crippen molar-refractivity contribution in [1.82, 2.24) is 0 Å². The average Bonchev–Trinajstić information content (AvgIpc) is 2.73. The normalized spacial score (nSPS) is 11.4. The second kappa shape index (κ2) is 9.15. The maximum absolute atomic E-state index is 13.4. The van der Waals surface area contributed by atoms with Crippen molar-refractivity contribution in [2.24, 2.45) is 0 Å². The van der Waals surface area contributed by atoms with Gasteiger partial charge < -0.3 is 4.74 Å². The predicted molar refractivity (Wildman–Crippen MR) is 119 cm³/mol. The molecule has 0 saturated heterocycles. The number of benzene rings is 3. The lowest BCUT2D eigenvalue weighted by atomic mass is 10.2. The minimum Gasteiger partial charge on any atom is -0.495 e. The molecule has 0 spiro atoms. The number of ether oxygens (including phenoxy) is 1. The Hall–Kier alpha value is -3.09. The van der Waals surface area contributed by atoms with Crippen LogP contribution in [0.15, 0.2) is 83.8 Å². The van der Waals surface area contributed by atoms with Crippen LogP contribution in [0.4, 0.5) is 5.69 Å². The van der Waals surface area contributed by atoms with Crippen LogP contribution < -0.4 is 9.04 Å². The van der Waals surface area contributed by atoms with Gasteiger partial charge in [0.05, 0.1) is 22.7 Å². The van der Waals surface area contributed by atoms with E-state index in [9.17, 15) is 13.2 Å². The van der Waals surface area contributed by atoms with Gasteiger partial charge in [-0.25, -0.2) is 8.42 Å². The van der Waals surface area contributed by atoms with Crippen LogP contribution in [0.25, 0.3) is 6.08 Å². The Labute approximate surface area is 181 Å². The van der Waals surface area contributed by atoms with E-state index in [1.807, 2.05) is 37.3 Å². The molecule has 0 unspecified atom stereocenters. The molecule has 0 aliphatic rings. The molecular formula is C23H20ClNO4S. The van der Waals surface area contributed by atoms with Crippen molar-refractivity contribution in [2.75, 3.05) is 11.4 Å². The number of rotatable bonds is 6. The second-order valence-electron chi connectivity index (χ2n) is 6.48. The molecule has 0 atom stereocenters. The number of amides is 1. The third-order valence-electron chi connectivity index (χ3n) is 4.35. The summed E-state index contributed by atoms with van der Waals surface area (Å²) in [6.07, 6.45) is 2.78. The van der Waals surface area contributed by atoms with E-state index >= 15 is 0 Å². The molecule has 7 heteroatoms. The van der Waals surface area contributed by atoms with Crippen LogP contribution in [0.3, 0.4) is 0 Å². The molecule has 0 bridgehead atoms. The smallest absolute Gasteiger partial charge is 0.271 e. The van der Waals surface area contributed by atoms with Crippen LogP contribution in [0.5, 0.6) is 5.75 Å². The van der Waals surface area contributed by atoms with Crippen LogP contribution >= 0.6 is 11.6 Å². The van der Waals surface area contributed by atoms with E-state index in [1.165, 1.54) is 43.5 Å². The van der Waals surface area contributed by atoms with E-state index < -0.39 is 15.9 Å². The Morgan fingerprint density at radius 2 is 1.67 bits per heavy atom. The summed E-state index contributed by atoms with van der Waals surface area (Å²) in [5, 5.41) is 0.193. The number of sulfonamides is 1. The van der Waals surface area contributed by atoms with Gasteiger partial charge in [0, 0.05) is 6.08 Å². The first-order valence-electron chi connectivity index (χ1n) is 9.05. The molecule has 0 radical (unpaired) electrons. The fourth-order valence-corrected chi connectivity index (χ4v) is 4.41. The highest BCUT2D eigenvalue weighted by molar-refractivity contribution is 7.93. The van der Waals surface area contributed by atoms with Gasteiger partial charge in [-0.3, -0.25) is 4.79 Å². The van der Waals surface area contributed by atoms with E-state index in [1.54, 1.807) is 18.2 Å². The van der Waals surface area contributed by atoms with Crippen LogP contribution in [0.2, 0.25) is 5.02 Å². The maximum Gasteiger partial charge on any atom is 0.271 e. The molecule has 0 aliphatic heterocycles. The van der Waals surface area contributed by atoms with Crippen molar-refractivity contribution >= 4 is 39.3 Å². The summed E-state index contributed by atoms with van der Waals surface area (Å²) in [6.45, 7) is 1.85. The quantitative estimate of drug-likeness (QED) is 0.499. The zero-order valence-electron chi connectivity index (χ0n) is 16.4. The number of hydrogen-bond acceptors (Lipinski definition) is 4. The lowest BCUT2D eigenvalue weighted by molar-refractivity contribution is -0.113. The van der Waals surface area contributed by atoms with Gasteiger partial charge in [0.15, 0.2) is 0 Å². The van der Waals surface area contributed by atoms with Gasteiger partial charge in [-0.2, -0.15) is 4.31 Å². The standard InChI is InChI=1S/C23H20ClNO4S/c1-17-8-12-20(13-9-17)30(27,28)25(19-11-14-22(29-2)21(24)16-19)23(26)15-10-18-6-4-3-5-7-18/h3-16H,1-2H3/b15-10+. The molecule has 0 aliphatic carbocycles. The monoisotopic (exact) mass is 441 g/mol. The van der Waals surface area contributed by atoms with E-state index in [-0.39, 0.29) is 15.6 Å². The Bertz CT molecular complexity index is 1170. The molecule has 30 heavy (non-hydrogen) atoms. The topological polar surface area (TPSA) is 63.7 Å². The largest absolute Gasteiger partial charge is 0.495 e. The van der Waals surface area contributed by atoms with Crippen LogP contribution in [0, 0.1) is 6.92 Å². The summed E-state index contributed by atoms with van der Waals surface area (Å²) in [7, 11) is -2.72. The van der Waals surface area contributed by atoms with E-state index in [0.717, 1.165) is 15.4 Å². The molecule has 0 heterocycles. The maximum atomic E-state index is 13.4. The minimum absolute atomic E-state index is 0.00139. The molecule has 0 aromatic heterocycles. The number of halogens is 1. The lowest BCUT2D eigenvalue weighted by Crippen LogP contribution is -2.35. The Morgan fingerprint density at radius 3 is 2.27 bits per heavy atom. The van der Waals surface area contributed by atoms with Gasteiger partial charge in [-0.05, 0) is 48.9 Å². The molecule has 5 nitrogen and oxygen atoms in total. The van der Waals surface area contributed by atoms with Crippen LogP contribution in [0.1, 0.15) is 11.1 Å². The summed E-state index contributed by atoms with van der Waals surface area (Å²) in [4.78, 5) is 13.1. The Kier molecular flexibility index (Phi) is 6.59. The highest BCUT2D eigenvalue weighted by Gasteiger charge is 2.30. The van der Waals surface area contributed by atoms with Crippen LogP contribution in [-0.2, 0) is 14.8 Å². The van der Waals surface area contributed by atoms with Gasteiger partial charge >= 0.3 is 0 Å². The molecule has 0 N–H and O–H groups in total. The summed E-state index contributed by atoms with van der Waals surface area (Å²) in [5.41, 5.74) is 1.79. The van der Waals surface area contributed by atoms with E-state index in [0.29, 0.717) is 5.75 Å². The number of carbonyl (C=O) groups is 1. The number of methoxy groups -OCH3 is 1. The van der Waals surface area contributed by atoms with Crippen molar-refractivity contribution in [3.63, 3.8) is 0 Å². The second-order valence-corrected chi connectivity index (χ2v) is 8.68. The first kappa shape index (κ1) is 21.6. The van der Waals surface area contributed by atoms with Crippen molar-refractivity contribution < 1.29 is 17.9 Å². The van der Waals surface area contributed by atoms with Crippen molar-refractivity contribution in [3.05, 3.63) is 95.0 Å². The molecular weight excluding hydrogens is 422 g/mol. The molecule has 3 aromatic carbocycles. The molecule has 3 aromatic rings. The van der Waals surface area contributed by atoms with Crippen LogP contribution in [-0.4, -0.2) is 21.4 Å². The molecule has 1 amide bonds. The number of carbonyl (C=O) groups excluding carboxylic acids is 1. The van der Waals surface area contributed by atoms with Gasteiger partial charge in [0.1, 0.15) is 5.75 Å². The predicted octanol–water partition coefficient (Wildman–Crippen LogP) is 5.09. The van der Waals surface area contributed by atoms with Crippen molar-refractivity contribution in [2.45, 2.75) is 11.8 Å². The van der Waals surface area contributed by atoms with Gasteiger partial charge in [-0.15, -0.1) is 0 Å². The van der Waals surface area contributed by atoms with Crippen molar-refractivity contribution in [3.8, 4) is 5.75 Å². The number of anilines is 1. The molecule has 0 fully saturated rings. The zero-order chi connectivity index (χ0) is 21.7. The summed E-state index contributed by atoms with van der Waals surface area (Å²) < 4.78 is 32.6. The number of hydrogen-bond donors (Lipinski definition) is 0. The third-order valence-corrected chi connectivity index (χ3v) is 6.38. The lowest BCUT2D eigenvalue weighted by Gasteiger charge is -2.22. The molecule has 3 rings (SSSR count). The number of aryl methyl sites for hydroxylation is 1. The Balaban J connectivity index is 2.08. The molecule has 0 saturated carbocycles. The fourth-order valence-electron chi connectivity index (χ4n) is 2.78. The highest BCUT2D eigenvalue weighted by Crippen LogP contribution is 2.32. The molecule has 154 valence electrons. The summed E-state index contributed by atoms with van der Waals surface area (Å²) in [6, 6.07) is 19.8. The first-order chi connectivity index (χ1) is 14.3. The van der Waals surface area contributed by atoms with E-state index in [4.69, 9.17) is 16.3 Å². The summed E-state index contributed by atoms with van der Waals surface area (Å²) >= 11 is 6.19. The average molecular weight is 442 g/mol. The minimum atomic E-state index is -4.18. The summed E-state index contributed by atoms with van der Waals surface area (Å²) in [5.74, 6) is -0.346. The Morgan fingerprint density at radius 1 is 1.00 bits per heavy atom. The SMILES string of the molecule is COc1ccc(N(C(=O)/C=C/c2ccccc2)S(=O)(=O)c2ccc(C)cc2)cc1Cl. The zero-order valence-corrected chi connectivity index (χ0v) is 18.0. The van der Waals surface area contributed by atoms with Crippen molar-refractivity contribution in [1.29, 1.82) is 0 Å². The third kappa shape index (κ3) is 4.72.